The van der Waals surface area contributed by atoms with Crippen LogP contribution in [0, 0.1) is 17.1 Å². The van der Waals surface area contributed by atoms with Gasteiger partial charge in [0, 0.05) is 17.8 Å². The Hall–Kier alpha value is -2.87. The highest BCUT2D eigenvalue weighted by Crippen LogP contribution is 2.15. The van der Waals surface area contributed by atoms with Gasteiger partial charge in [-0.3, -0.25) is 4.79 Å². The van der Waals surface area contributed by atoms with Crippen molar-refractivity contribution in [1.82, 2.24) is 0 Å². The number of nitriles is 1. The van der Waals surface area contributed by atoms with Crippen LogP contribution < -0.4 is 11.1 Å². The average molecular weight is 269 g/mol. The Bertz CT molecular complexity index is 692. The predicted molar refractivity (Wildman–Crippen MR) is 73.4 cm³/mol. The molecular weight excluding hydrogens is 257 g/mol. The van der Waals surface area contributed by atoms with Gasteiger partial charge in [0.25, 0.3) is 0 Å². The van der Waals surface area contributed by atoms with E-state index in [4.69, 9.17) is 11.0 Å². The minimum atomic E-state index is -0.517. The molecule has 3 N–H and O–H groups in total. The van der Waals surface area contributed by atoms with E-state index in [1.54, 1.807) is 24.3 Å². The molecule has 20 heavy (non-hydrogen) atoms. The molecule has 2 aromatic rings. The molecule has 4 nitrogen and oxygen atoms in total. The summed E-state index contributed by atoms with van der Waals surface area (Å²) in [6.07, 6.45) is 0. The number of nitrogens with zero attached hydrogens (tertiary/aromatic N) is 1. The summed E-state index contributed by atoms with van der Waals surface area (Å²) in [5.74, 6) is -0.913. The number of carbonyl (C=O) groups excluding carboxylic acids is 1. The molecule has 0 radical (unpaired) electrons. The van der Waals surface area contributed by atoms with Crippen LogP contribution in [0.4, 0.5) is 10.1 Å². The summed E-state index contributed by atoms with van der Waals surface area (Å²) in [4.78, 5) is 11.1. The lowest BCUT2D eigenvalue weighted by molar-refractivity contribution is 0.100. The summed E-state index contributed by atoms with van der Waals surface area (Å²) < 4.78 is 13.2. The fourth-order valence-electron chi connectivity index (χ4n) is 1.80. The number of nitrogens with two attached hydrogens (primary N) is 1. The van der Waals surface area contributed by atoms with Crippen molar-refractivity contribution in [3.05, 3.63) is 65.0 Å². The van der Waals surface area contributed by atoms with Gasteiger partial charge >= 0.3 is 0 Å². The van der Waals surface area contributed by atoms with Crippen molar-refractivity contribution < 1.29 is 9.18 Å². The third kappa shape index (κ3) is 3.12. The molecule has 100 valence electrons. The highest BCUT2D eigenvalue weighted by Gasteiger charge is 2.05. The molecule has 2 aromatic carbocycles. The Labute approximate surface area is 115 Å². The first-order valence-electron chi connectivity index (χ1n) is 5.92. The number of benzene rings is 2. The Morgan fingerprint density at radius 2 is 2.10 bits per heavy atom. The predicted octanol–water partition coefficient (Wildman–Crippen LogP) is 2.41. The second kappa shape index (κ2) is 5.85. The van der Waals surface area contributed by atoms with Crippen molar-refractivity contribution in [3.8, 4) is 6.07 Å². The van der Waals surface area contributed by atoms with E-state index in [1.165, 1.54) is 18.2 Å². The smallest absolute Gasteiger partial charge is 0.248 e. The zero-order chi connectivity index (χ0) is 14.5. The van der Waals surface area contributed by atoms with Crippen molar-refractivity contribution in [3.63, 3.8) is 0 Å². The molecule has 0 aliphatic carbocycles. The topological polar surface area (TPSA) is 78.9 Å². The van der Waals surface area contributed by atoms with Crippen LogP contribution in [0.5, 0.6) is 0 Å². The lowest BCUT2D eigenvalue weighted by atomic mass is 10.1. The maximum Gasteiger partial charge on any atom is 0.248 e. The summed E-state index contributed by atoms with van der Waals surface area (Å²) in [6.45, 7) is 0.281. The van der Waals surface area contributed by atoms with E-state index in [1.807, 2.05) is 6.07 Å². The maximum atomic E-state index is 13.2. The highest BCUT2D eigenvalue weighted by molar-refractivity contribution is 5.93. The third-order valence-electron chi connectivity index (χ3n) is 2.82. The lowest BCUT2D eigenvalue weighted by Gasteiger charge is -2.09. The molecule has 0 saturated heterocycles. The Balaban J connectivity index is 2.17. The minimum absolute atomic E-state index is 0.281. The van der Waals surface area contributed by atoms with Gasteiger partial charge in [-0.05, 0) is 42.0 Å². The molecule has 0 unspecified atom stereocenters. The number of hydrogen-bond donors (Lipinski definition) is 2. The van der Waals surface area contributed by atoms with Gasteiger partial charge in [-0.15, -0.1) is 0 Å². The van der Waals surface area contributed by atoms with Crippen molar-refractivity contribution in [2.24, 2.45) is 5.73 Å². The van der Waals surface area contributed by atoms with Gasteiger partial charge in [0.05, 0.1) is 11.6 Å². The number of anilines is 1. The summed E-state index contributed by atoms with van der Waals surface area (Å²) in [6, 6.07) is 12.7. The summed E-state index contributed by atoms with van der Waals surface area (Å²) in [7, 11) is 0. The molecule has 0 heterocycles. The number of rotatable bonds is 4. The average Bonchev–Trinajstić information content (AvgIpc) is 2.45. The van der Waals surface area contributed by atoms with Crippen molar-refractivity contribution in [2.75, 3.05) is 5.32 Å². The number of primary amides is 1. The van der Waals surface area contributed by atoms with Gasteiger partial charge in [0.1, 0.15) is 5.82 Å². The number of nitrogens with one attached hydrogen (secondary N) is 1. The second-order valence-corrected chi connectivity index (χ2v) is 4.21. The zero-order valence-corrected chi connectivity index (χ0v) is 10.6. The van der Waals surface area contributed by atoms with E-state index in [-0.39, 0.29) is 6.54 Å². The van der Waals surface area contributed by atoms with Crippen molar-refractivity contribution >= 4 is 11.6 Å². The van der Waals surface area contributed by atoms with E-state index in [0.29, 0.717) is 22.4 Å². The SMILES string of the molecule is N#Cc1ccc(F)cc1CNc1cccc(C(N)=O)c1. The van der Waals surface area contributed by atoms with E-state index < -0.39 is 11.7 Å². The van der Waals surface area contributed by atoms with E-state index in [2.05, 4.69) is 5.32 Å². The van der Waals surface area contributed by atoms with Crippen LogP contribution in [0.3, 0.4) is 0 Å². The Morgan fingerprint density at radius 3 is 2.80 bits per heavy atom. The van der Waals surface area contributed by atoms with Crippen LogP contribution >= 0.6 is 0 Å². The van der Waals surface area contributed by atoms with Crippen LogP contribution in [-0.4, -0.2) is 5.91 Å². The molecule has 0 aliphatic rings. The molecule has 1 amide bonds. The lowest BCUT2D eigenvalue weighted by Crippen LogP contribution is -2.11. The van der Waals surface area contributed by atoms with Gasteiger partial charge < -0.3 is 11.1 Å². The molecule has 0 aliphatic heterocycles. The molecular formula is C15H12FN3O. The highest BCUT2D eigenvalue weighted by atomic mass is 19.1. The van der Waals surface area contributed by atoms with Crippen LogP contribution in [0.1, 0.15) is 21.5 Å². The van der Waals surface area contributed by atoms with Crippen molar-refractivity contribution in [1.29, 1.82) is 5.26 Å². The van der Waals surface area contributed by atoms with Crippen LogP contribution in [0.2, 0.25) is 0 Å². The molecule has 0 saturated carbocycles. The molecule has 0 atom stereocenters. The quantitative estimate of drug-likeness (QED) is 0.894. The molecule has 0 aromatic heterocycles. The van der Waals surface area contributed by atoms with Gasteiger partial charge in [-0.1, -0.05) is 6.07 Å². The van der Waals surface area contributed by atoms with Gasteiger partial charge in [-0.25, -0.2) is 4.39 Å². The summed E-state index contributed by atoms with van der Waals surface area (Å²) in [5.41, 5.74) is 7.22. The molecule has 5 heteroatoms. The number of amides is 1. The molecule has 2 rings (SSSR count). The zero-order valence-electron chi connectivity index (χ0n) is 10.6. The molecule has 0 spiro atoms. The van der Waals surface area contributed by atoms with Crippen LogP contribution in [0.25, 0.3) is 0 Å². The Kier molecular flexibility index (Phi) is 3.96. The van der Waals surface area contributed by atoms with Crippen molar-refractivity contribution in [2.45, 2.75) is 6.54 Å². The van der Waals surface area contributed by atoms with E-state index in [9.17, 15) is 9.18 Å². The van der Waals surface area contributed by atoms with Crippen LogP contribution in [-0.2, 0) is 6.54 Å². The molecule has 0 fully saturated rings. The standard InChI is InChI=1S/C15H12FN3O/c16-13-5-4-11(8-17)12(6-13)9-19-14-3-1-2-10(7-14)15(18)20/h1-7,19H,9H2,(H2,18,20). The van der Waals surface area contributed by atoms with Gasteiger partial charge in [0.15, 0.2) is 0 Å². The number of halogens is 1. The summed E-state index contributed by atoms with van der Waals surface area (Å²) in [5, 5.41) is 12.0. The largest absolute Gasteiger partial charge is 0.381 e. The Morgan fingerprint density at radius 1 is 1.30 bits per heavy atom. The maximum absolute atomic E-state index is 13.2. The van der Waals surface area contributed by atoms with Gasteiger partial charge in [-0.2, -0.15) is 5.26 Å². The first-order chi connectivity index (χ1) is 9.60. The van der Waals surface area contributed by atoms with Gasteiger partial charge in [0.2, 0.25) is 5.91 Å². The number of carbonyl (C=O) groups is 1. The van der Waals surface area contributed by atoms with Crippen LogP contribution in [0.15, 0.2) is 42.5 Å². The first-order valence-corrected chi connectivity index (χ1v) is 5.92. The second-order valence-electron chi connectivity index (χ2n) is 4.21. The fraction of sp³-hybridized carbons (Fsp3) is 0.0667. The minimum Gasteiger partial charge on any atom is -0.381 e. The number of hydrogen-bond acceptors (Lipinski definition) is 3. The third-order valence-corrected chi connectivity index (χ3v) is 2.82. The summed E-state index contributed by atoms with van der Waals surface area (Å²) >= 11 is 0. The molecule has 0 bridgehead atoms. The monoisotopic (exact) mass is 269 g/mol. The fourth-order valence-corrected chi connectivity index (χ4v) is 1.80. The first kappa shape index (κ1) is 13.6. The van der Waals surface area contributed by atoms with E-state index in [0.717, 1.165) is 0 Å². The normalized spacial score (nSPS) is 9.80. The van der Waals surface area contributed by atoms with E-state index >= 15 is 0 Å².